The zero-order valence-corrected chi connectivity index (χ0v) is 48.2. The maximum Gasteiger partial charge on any atom is 0.294 e. The minimum absolute atomic E-state index is 0.0243. The van der Waals surface area contributed by atoms with E-state index in [1.807, 2.05) is 62.3 Å². The normalized spacial score (nSPS) is 31.5. The van der Waals surface area contributed by atoms with Crippen molar-refractivity contribution in [3.05, 3.63) is 10.1 Å². The lowest BCUT2D eigenvalue weighted by Gasteiger charge is -2.51. The van der Waals surface area contributed by atoms with Gasteiger partial charge in [0.25, 0.3) is 5.09 Å². The van der Waals surface area contributed by atoms with Crippen molar-refractivity contribution < 1.29 is 50.1 Å². The fraction of sp³-hybridized carbons (Fsp3) is 1.00. The van der Waals surface area contributed by atoms with Gasteiger partial charge in [0.2, 0.25) is 0 Å². The van der Waals surface area contributed by atoms with Gasteiger partial charge in [-0.2, -0.15) is 41.0 Å². The van der Waals surface area contributed by atoms with E-state index in [4.69, 9.17) is 9.52 Å². The number of hydroxylamine groups is 12. The standard InChI is InChI=1S/C9H19N2O2S.C9H19NO.C8H16N2O4.2C8H17NO.C7H15NO2/c1-8(2)5-4-6-9(3,11(8)12)7-14(10)13;1-8(2)6-5-7-9(3,4)10(8)11;1-7(2)4-5-8(3,9(7)11)6-14-10(12)13;2*1-7(2)5-6-8(3,4)9(7)10;1-6(2)5-10-7(3,4)8(6)9/h10,12H,4-7H2,1-3H3;11H,5-7H2,1-4H3;11H,4-6H2,1-3H3;2*10H,5-6H2,1-4H3;9H,5H2,1-4H3/q-1;;;;;. The molecule has 0 radical (unpaired) electrons. The van der Waals surface area contributed by atoms with Gasteiger partial charge in [-0.05, 0) is 229 Å². The second kappa shape index (κ2) is 23.0. The molecule has 0 saturated carbocycles. The molecule has 2 unspecified atom stereocenters. The van der Waals surface area contributed by atoms with E-state index >= 15 is 0 Å². The molecule has 6 heterocycles. The molecule has 0 spiro atoms. The minimum atomic E-state index is -1.61. The van der Waals surface area contributed by atoms with E-state index in [0.717, 1.165) is 64.2 Å². The van der Waals surface area contributed by atoms with Crippen LogP contribution in [0.25, 0.3) is 0 Å². The first-order valence-electron chi connectivity index (χ1n) is 25.0. The molecule has 6 aliphatic heterocycles. The van der Waals surface area contributed by atoms with E-state index < -0.39 is 32.5 Å². The predicted molar refractivity (Wildman–Crippen MR) is 269 cm³/mol. The summed E-state index contributed by atoms with van der Waals surface area (Å²) in [5, 5.41) is 75.8. The molecule has 0 amide bonds. The highest BCUT2D eigenvalue weighted by atomic mass is 32.2. The van der Waals surface area contributed by atoms with Gasteiger partial charge in [0.15, 0.2) is 0 Å². The quantitative estimate of drug-likeness (QED) is 0.0769. The van der Waals surface area contributed by atoms with Crippen LogP contribution in [-0.4, -0.2) is 152 Å². The van der Waals surface area contributed by atoms with Gasteiger partial charge in [0.05, 0.1) is 17.7 Å². The Bertz CT molecular complexity index is 1590. The Balaban J connectivity index is 0.000000416. The topological polar surface area (TPSA) is 243 Å². The molecular weight excluding hydrogens is 909 g/mol. The highest BCUT2D eigenvalue weighted by molar-refractivity contribution is 7.73. The molecular formula is C49H103N8O11S-. The highest BCUT2D eigenvalue weighted by Gasteiger charge is 2.49. The van der Waals surface area contributed by atoms with Crippen LogP contribution in [0.15, 0.2) is 0 Å². The van der Waals surface area contributed by atoms with Crippen LogP contribution in [0.2, 0.25) is 0 Å². The maximum absolute atomic E-state index is 10.9. The maximum atomic E-state index is 10.9. The summed E-state index contributed by atoms with van der Waals surface area (Å²) in [4.78, 5) is 14.4. The summed E-state index contributed by atoms with van der Waals surface area (Å²) < 4.78 is 23.4. The third-order valence-electron chi connectivity index (χ3n) is 15.4. The summed E-state index contributed by atoms with van der Waals surface area (Å²) in [6.07, 6.45) is 11.9. The number of hydrogen-bond acceptors (Lipinski definition) is 19. The van der Waals surface area contributed by atoms with Crippen LogP contribution in [0.4, 0.5) is 0 Å². The Morgan fingerprint density at radius 3 is 0.986 bits per heavy atom. The van der Waals surface area contributed by atoms with Gasteiger partial charge in [-0.25, -0.2) is 0 Å². The molecule has 2 atom stereocenters. The molecule has 20 heteroatoms. The van der Waals surface area contributed by atoms with Gasteiger partial charge >= 0.3 is 0 Å². The summed E-state index contributed by atoms with van der Waals surface area (Å²) in [5.74, 6) is 0.215. The van der Waals surface area contributed by atoms with E-state index in [-0.39, 0.29) is 62.2 Å². The van der Waals surface area contributed by atoms with Gasteiger partial charge < -0.3 is 49.8 Å². The second-order valence-electron chi connectivity index (χ2n) is 27.1. The second-order valence-corrected chi connectivity index (χ2v) is 28.1. The van der Waals surface area contributed by atoms with E-state index in [9.17, 15) is 45.6 Å². The lowest BCUT2D eigenvalue weighted by Crippen LogP contribution is -2.59. The van der Waals surface area contributed by atoms with Crippen LogP contribution in [0.5, 0.6) is 0 Å². The van der Waals surface area contributed by atoms with Crippen molar-refractivity contribution in [2.75, 3.05) is 19.0 Å². The van der Waals surface area contributed by atoms with E-state index in [1.165, 1.54) is 36.8 Å². The number of rotatable bonds is 5. The predicted octanol–water partition coefficient (Wildman–Crippen LogP) is 11.0. The van der Waals surface area contributed by atoms with Gasteiger partial charge in [-0.15, -0.1) is 10.1 Å². The molecule has 69 heavy (non-hydrogen) atoms. The molecule has 0 aromatic rings. The Labute approximate surface area is 419 Å². The molecule has 6 saturated heterocycles. The van der Waals surface area contributed by atoms with Crippen molar-refractivity contribution in [3.63, 3.8) is 0 Å². The fourth-order valence-electron chi connectivity index (χ4n) is 10.6. The monoisotopic (exact) mass is 1010 g/mol. The molecule has 0 bridgehead atoms. The SMILES string of the molecule is CC1(C)CCC(C)(C)N1O.CC1(C)CCC(C)(C)N1O.CC1(C)CCC(C)(CO[N+](=O)[O-])N1O.CC1(C)CCCC(C)(C)N1O.CC1(C)CCCC(C)(C[S-](=N)=O)N1O.CC1(C)COC(C)(C)N1O. The largest absolute Gasteiger partial charge is 0.445 e. The molecule has 19 nitrogen and oxygen atoms in total. The molecule has 0 aliphatic carbocycles. The highest BCUT2D eigenvalue weighted by Crippen LogP contribution is 2.42. The fourth-order valence-corrected chi connectivity index (χ4v) is 11.4. The molecule has 412 valence electrons. The average Bonchev–Trinajstić information content (AvgIpc) is 3.70. The summed E-state index contributed by atoms with van der Waals surface area (Å²) in [7, 11) is -1.61. The van der Waals surface area contributed by atoms with Crippen LogP contribution < -0.4 is 0 Å². The molecule has 6 rings (SSSR count). The zero-order chi connectivity index (χ0) is 54.6. The van der Waals surface area contributed by atoms with Crippen LogP contribution >= 0.6 is 0 Å². The molecule has 7 N–H and O–H groups in total. The Hall–Kier alpha value is -1.37. The number of hydrogen-bond donors (Lipinski definition) is 7. The van der Waals surface area contributed by atoms with Crippen LogP contribution in [0, 0.1) is 14.9 Å². The lowest BCUT2D eigenvalue weighted by atomic mass is 9.82. The molecule has 6 fully saturated rings. The first-order valence-corrected chi connectivity index (χ1v) is 26.3. The third kappa shape index (κ3) is 17.6. The number of nitrogens with one attached hydrogen (secondary N) is 1. The van der Waals surface area contributed by atoms with E-state index in [2.05, 4.69) is 87.9 Å². The molecule has 0 aromatic carbocycles. The third-order valence-corrected chi connectivity index (χ3v) is 16.3. The summed E-state index contributed by atoms with van der Waals surface area (Å²) in [5.41, 5.74) is -2.72. The number of piperidine rings is 2. The summed E-state index contributed by atoms with van der Waals surface area (Å²) >= 11 is 0. The van der Waals surface area contributed by atoms with Crippen LogP contribution in [0.3, 0.4) is 0 Å². The lowest BCUT2D eigenvalue weighted by molar-refractivity contribution is -0.760. The average molecular weight is 1010 g/mol. The number of ether oxygens (including phenoxy) is 1. The van der Waals surface area contributed by atoms with Crippen molar-refractivity contribution in [3.8, 4) is 0 Å². The molecule has 6 aliphatic rings. The Morgan fingerprint density at radius 2 is 0.754 bits per heavy atom. The first-order chi connectivity index (χ1) is 30.5. The summed E-state index contributed by atoms with van der Waals surface area (Å²) in [6.45, 7) is 44.4. The van der Waals surface area contributed by atoms with Crippen molar-refractivity contribution >= 4 is 10.6 Å². The first kappa shape index (κ1) is 65.6. The van der Waals surface area contributed by atoms with Gasteiger partial charge in [0, 0.05) is 49.9 Å². The van der Waals surface area contributed by atoms with Gasteiger partial charge in [-0.3, -0.25) is 0 Å². The Morgan fingerprint density at radius 1 is 0.464 bits per heavy atom. The van der Waals surface area contributed by atoms with Crippen molar-refractivity contribution in [2.24, 2.45) is 0 Å². The number of nitrogens with zero attached hydrogens (tertiary/aromatic N) is 7. The van der Waals surface area contributed by atoms with Crippen LogP contribution in [0.1, 0.15) is 229 Å². The van der Waals surface area contributed by atoms with E-state index in [1.54, 1.807) is 6.92 Å². The van der Waals surface area contributed by atoms with Gasteiger partial charge in [0.1, 0.15) is 12.3 Å². The van der Waals surface area contributed by atoms with Crippen molar-refractivity contribution in [2.45, 2.75) is 296 Å². The smallest absolute Gasteiger partial charge is 0.294 e. The minimum Gasteiger partial charge on any atom is -0.445 e. The summed E-state index contributed by atoms with van der Waals surface area (Å²) in [6, 6.07) is 0. The Kier molecular flexibility index (Phi) is 21.9. The van der Waals surface area contributed by atoms with Crippen molar-refractivity contribution in [1.82, 2.24) is 30.4 Å². The van der Waals surface area contributed by atoms with Crippen LogP contribution in [-0.2, 0) is 24.4 Å². The van der Waals surface area contributed by atoms with Crippen molar-refractivity contribution in [1.29, 1.82) is 4.78 Å². The zero-order valence-electron chi connectivity index (χ0n) is 47.4. The van der Waals surface area contributed by atoms with Gasteiger partial charge in [-0.1, -0.05) is 5.75 Å². The van der Waals surface area contributed by atoms with E-state index in [0.29, 0.717) is 13.0 Å². The molecule has 0 aromatic heterocycles.